The molecule has 3 aromatic rings. The van der Waals surface area contributed by atoms with E-state index in [0.717, 1.165) is 28.2 Å². The number of anilines is 1. The lowest BCUT2D eigenvalue weighted by molar-refractivity contribution is -0.115. The van der Waals surface area contributed by atoms with Crippen molar-refractivity contribution in [3.63, 3.8) is 0 Å². The summed E-state index contributed by atoms with van der Waals surface area (Å²) in [5.74, 6) is 1.56. The fourth-order valence-electron chi connectivity index (χ4n) is 2.58. The number of aryl methyl sites for hydroxylation is 1. The maximum atomic E-state index is 12.3. The Labute approximate surface area is 150 Å². The Hall–Kier alpha value is -3.35. The normalized spacial score (nSPS) is 10.4. The molecule has 0 unspecified atom stereocenters. The van der Waals surface area contributed by atoms with E-state index in [1.807, 2.05) is 49.4 Å². The Kier molecular flexibility index (Phi) is 5.17. The number of rotatable bonds is 6. The van der Waals surface area contributed by atoms with Crippen molar-refractivity contribution in [1.82, 2.24) is 10.3 Å². The Morgan fingerprint density at radius 3 is 2.38 bits per heavy atom. The molecule has 0 bridgehead atoms. The predicted octanol–water partition coefficient (Wildman–Crippen LogP) is 3.24. The molecule has 26 heavy (non-hydrogen) atoms. The minimum atomic E-state index is -0.210. The highest BCUT2D eigenvalue weighted by Crippen LogP contribution is 2.30. The standard InChI is InChI=1S/C19H19N3O4/c1-12-10-15(25-3)8-9-16(12)18-19(22-26-21-18)20-17(23)11-13-4-6-14(24-2)7-5-13/h4-10H,11H2,1-3H3,(H,20,22,23). The summed E-state index contributed by atoms with van der Waals surface area (Å²) in [5.41, 5.74) is 3.09. The van der Waals surface area contributed by atoms with Crippen molar-refractivity contribution in [3.8, 4) is 22.8 Å². The average molecular weight is 353 g/mol. The van der Waals surface area contributed by atoms with E-state index in [0.29, 0.717) is 5.69 Å². The van der Waals surface area contributed by atoms with Gasteiger partial charge in [-0.1, -0.05) is 12.1 Å². The van der Waals surface area contributed by atoms with Crippen LogP contribution in [0.5, 0.6) is 11.5 Å². The van der Waals surface area contributed by atoms with Crippen molar-refractivity contribution in [3.05, 3.63) is 53.6 Å². The van der Waals surface area contributed by atoms with E-state index in [-0.39, 0.29) is 18.1 Å². The summed E-state index contributed by atoms with van der Waals surface area (Å²) in [7, 11) is 3.21. The molecule has 0 saturated carbocycles. The molecule has 1 amide bonds. The molecule has 1 aromatic heterocycles. The molecule has 0 saturated heterocycles. The molecule has 0 atom stereocenters. The third-order valence-electron chi connectivity index (χ3n) is 3.96. The minimum absolute atomic E-state index is 0.206. The van der Waals surface area contributed by atoms with Crippen molar-refractivity contribution < 1.29 is 18.9 Å². The number of ether oxygens (including phenoxy) is 2. The van der Waals surface area contributed by atoms with E-state index >= 15 is 0 Å². The lowest BCUT2D eigenvalue weighted by Gasteiger charge is -2.07. The summed E-state index contributed by atoms with van der Waals surface area (Å²) in [4.78, 5) is 12.3. The number of nitrogens with zero attached hydrogens (tertiary/aromatic N) is 2. The first-order chi connectivity index (χ1) is 12.6. The van der Waals surface area contributed by atoms with Crippen molar-refractivity contribution in [2.45, 2.75) is 13.3 Å². The van der Waals surface area contributed by atoms with Gasteiger partial charge in [-0.25, -0.2) is 4.63 Å². The number of carbonyl (C=O) groups is 1. The van der Waals surface area contributed by atoms with Gasteiger partial charge in [0.1, 0.15) is 11.5 Å². The third-order valence-corrected chi connectivity index (χ3v) is 3.96. The Balaban J connectivity index is 1.75. The van der Waals surface area contributed by atoms with Crippen LogP contribution in [0.3, 0.4) is 0 Å². The first-order valence-corrected chi connectivity index (χ1v) is 8.01. The molecule has 0 fully saturated rings. The smallest absolute Gasteiger partial charge is 0.230 e. The molecular formula is C19H19N3O4. The van der Waals surface area contributed by atoms with Crippen LogP contribution in [0.1, 0.15) is 11.1 Å². The maximum absolute atomic E-state index is 12.3. The average Bonchev–Trinajstić information content (AvgIpc) is 3.09. The van der Waals surface area contributed by atoms with Gasteiger partial charge in [-0.15, -0.1) is 0 Å². The van der Waals surface area contributed by atoms with E-state index in [4.69, 9.17) is 14.1 Å². The van der Waals surface area contributed by atoms with Gasteiger partial charge in [0, 0.05) is 5.56 Å². The first kappa shape index (κ1) is 17.5. The quantitative estimate of drug-likeness (QED) is 0.732. The second-order valence-corrected chi connectivity index (χ2v) is 5.72. The molecule has 0 spiro atoms. The fourth-order valence-corrected chi connectivity index (χ4v) is 2.58. The Morgan fingerprint density at radius 1 is 1.04 bits per heavy atom. The molecule has 1 heterocycles. The van der Waals surface area contributed by atoms with Gasteiger partial charge in [-0.05, 0) is 58.7 Å². The summed E-state index contributed by atoms with van der Waals surface area (Å²) in [5, 5.41) is 10.5. The van der Waals surface area contributed by atoms with E-state index in [1.54, 1.807) is 14.2 Å². The van der Waals surface area contributed by atoms with Gasteiger partial charge in [-0.2, -0.15) is 0 Å². The molecule has 134 valence electrons. The van der Waals surface area contributed by atoms with E-state index in [1.165, 1.54) is 0 Å². The number of hydrogen-bond donors (Lipinski definition) is 1. The number of amides is 1. The van der Waals surface area contributed by atoms with Crippen molar-refractivity contribution in [2.75, 3.05) is 19.5 Å². The largest absolute Gasteiger partial charge is 0.497 e. The molecule has 0 aliphatic carbocycles. The summed E-state index contributed by atoms with van der Waals surface area (Å²) in [6, 6.07) is 12.9. The van der Waals surface area contributed by atoms with E-state index in [9.17, 15) is 4.79 Å². The summed E-state index contributed by atoms with van der Waals surface area (Å²) in [6.45, 7) is 1.93. The van der Waals surface area contributed by atoms with Crippen LogP contribution in [-0.2, 0) is 11.2 Å². The summed E-state index contributed by atoms with van der Waals surface area (Å²) >= 11 is 0. The minimum Gasteiger partial charge on any atom is -0.497 e. The van der Waals surface area contributed by atoms with Gasteiger partial charge in [0.2, 0.25) is 11.7 Å². The molecule has 0 aliphatic rings. The number of nitrogens with one attached hydrogen (secondary N) is 1. The molecule has 7 nitrogen and oxygen atoms in total. The van der Waals surface area contributed by atoms with Crippen LogP contribution < -0.4 is 14.8 Å². The van der Waals surface area contributed by atoms with Crippen LogP contribution in [0, 0.1) is 6.92 Å². The second kappa shape index (κ2) is 7.69. The summed E-state index contributed by atoms with van der Waals surface area (Å²) in [6.07, 6.45) is 0.206. The van der Waals surface area contributed by atoms with Crippen LogP contribution in [0.4, 0.5) is 5.82 Å². The van der Waals surface area contributed by atoms with Crippen LogP contribution in [0.15, 0.2) is 47.1 Å². The highest BCUT2D eigenvalue weighted by molar-refractivity contribution is 5.94. The van der Waals surface area contributed by atoms with Gasteiger partial charge in [0.15, 0.2) is 5.69 Å². The lowest BCUT2D eigenvalue weighted by Crippen LogP contribution is -2.15. The number of hydrogen-bond acceptors (Lipinski definition) is 6. The molecule has 2 aromatic carbocycles. The zero-order chi connectivity index (χ0) is 18.5. The van der Waals surface area contributed by atoms with Crippen molar-refractivity contribution in [2.24, 2.45) is 0 Å². The third kappa shape index (κ3) is 3.83. The number of methoxy groups -OCH3 is 2. The number of carbonyl (C=O) groups excluding carboxylic acids is 1. The van der Waals surface area contributed by atoms with Gasteiger partial charge in [0.05, 0.1) is 20.6 Å². The molecule has 0 radical (unpaired) electrons. The number of benzene rings is 2. The zero-order valence-corrected chi connectivity index (χ0v) is 14.8. The first-order valence-electron chi connectivity index (χ1n) is 8.01. The lowest BCUT2D eigenvalue weighted by atomic mass is 10.1. The van der Waals surface area contributed by atoms with Gasteiger partial charge in [0.25, 0.3) is 0 Å². The molecule has 7 heteroatoms. The predicted molar refractivity (Wildman–Crippen MR) is 96.4 cm³/mol. The SMILES string of the molecule is COc1ccc(CC(=O)Nc2nonc2-c2ccc(OC)cc2C)cc1. The second-order valence-electron chi connectivity index (χ2n) is 5.72. The van der Waals surface area contributed by atoms with Gasteiger partial charge < -0.3 is 14.8 Å². The maximum Gasteiger partial charge on any atom is 0.230 e. The molecular weight excluding hydrogens is 334 g/mol. The van der Waals surface area contributed by atoms with Crippen LogP contribution in [0.2, 0.25) is 0 Å². The van der Waals surface area contributed by atoms with Gasteiger partial charge in [-0.3, -0.25) is 4.79 Å². The van der Waals surface area contributed by atoms with E-state index < -0.39 is 0 Å². The Bertz CT molecular complexity index is 903. The highest BCUT2D eigenvalue weighted by Gasteiger charge is 2.17. The monoisotopic (exact) mass is 353 g/mol. The molecule has 1 N–H and O–H groups in total. The van der Waals surface area contributed by atoms with Crippen LogP contribution in [-0.4, -0.2) is 30.4 Å². The van der Waals surface area contributed by atoms with Crippen molar-refractivity contribution in [1.29, 1.82) is 0 Å². The number of aromatic nitrogens is 2. The van der Waals surface area contributed by atoms with Crippen LogP contribution >= 0.6 is 0 Å². The van der Waals surface area contributed by atoms with Gasteiger partial charge >= 0.3 is 0 Å². The topological polar surface area (TPSA) is 86.5 Å². The fraction of sp³-hybridized carbons (Fsp3) is 0.211. The summed E-state index contributed by atoms with van der Waals surface area (Å²) < 4.78 is 15.1. The zero-order valence-electron chi connectivity index (χ0n) is 14.8. The highest BCUT2D eigenvalue weighted by atomic mass is 16.6. The molecule has 0 aliphatic heterocycles. The Morgan fingerprint density at radius 2 is 1.73 bits per heavy atom. The molecule has 3 rings (SSSR count). The van der Waals surface area contributed by atoms with Crippen molar-refractivity contribution >= 4 is 11.7 Å². The van der Waals surface area contributed by atoms with Crippen LogP contribution in [0.25, 0.3) is 11.3 Å². The van der Waals surface area contributed by atoms with E-state index in [2.05, 4.69) is 15.6 Å².